The standard InChI is InChI=1S/C21H32N4O2/c1-4-22-21(24-17-20-8-7-14-26-20)23-16-18-9-11-19(12-10-18)27-15-13-25(5-2)6-3/h7-12,14H,4-6,13,15-17H2,1-3H3,(H2,22,23,24). The summed E-state index contributed by atoms with van der Waals surface area (Å²) >= 11 is 0. The van der Waals surface area contributed by atoms with Crippen molar-refractivity contribution in [2.45, 2.75) is 33.9 Å². The van der Waals surface area contributed by atoms with Gasteiger partial charge in [0.2, 0.25) is 0 Å². The minimum absolute atomic E-state index is 0.604. The summed E-state index contributed by atoms with van der Waals surface area (Å²) in [5, 5.41) is 6.51. The molecule has 0 radical (unpaired) electrons. The second kappa shape index (κ2) is 12.0. The number of ether oxygens (including phenoxy) is 1. The first-order chi connectivity index (χ1) is 13.2. The third-order valence-electron chi connectivity index (χ3n) is 4.27. The van der Waals surface area contributed by atoms with Gasteiger partial charge in [-0.1, -0.05) is 26.0 Å². The van der Waals surface area contributed by atoms with Crippen LogP contribution in [-0.4, -0.2) is 43.6 Å². The Hall–Kier alpha value is -2.47. The van der Waals surface area contributed by atoms with Crippen molar-refractivity contribution >= 4 is 5.96 Å². The normalized spacial score (nSPS) is 11.6. The third kappa shape index (κ3) is 7.74. The molecule has 0 spiro atoms. The molecule has 1 aromatic heterocycles. The van der Waals surface area contributed by atoms with Crippen molar-refractivity contribution in [3.05, 3.63) is 54.0 Å². The van der Waals surface area contributed by atoms with Crippen LogP contribution in [0.3, 0.4) is 0 Å². The smallest absolute Gasteiger partial charge is 0.191 e. The fourth-order valence-electron chi connectivity index (χ4n) is 2.62. The molecule has 2 rings (SSSR count). The summed E-state index contributed by atoms with van der Waals surface area (Å²) in [6.45, 7) is 12.2. The molecule has 2 N–H and O–H groups in total. The van der Waals surface area contributed by atoms with Crippen LogP contribution in [0.15, 0.2) is 52.1 Å². The van der Waals surface area contributed by atoms with E-state index in [1.54, 1.807) is 6.26 Å². The molecule has 0 aliphatic rings. The number of aliphatic imine (C=N–C) groups is 1. The second-order valence-electron chi connectivity index (χ2n) is 6.15. The Morgan fingerprint density at radius 1 is 1.07 bits per heavy atom. The lowest BCUT2D eigenvalue weighted by molar-refractivity contribution is 0.223. The average Bonchev–Trinajstić information content (AvgIpc) is 3.22. The second-order valence-corrected chi connectivity index (χ2v) is 6.15. The summed E-state index contributed by atoms with van der Waals surface area (Å²) in [7, 11) is 0. The first kappa shape index (κ1) is 20.8. The maximum Gasteiger partial charge on any atom is 0.191 e. The zero-order valence-electron chi connectivity index (χ0n) is 16.7. The molecule has 0 atom stereocenters. The van der Waals surface area contributed by atoms with E-state index in [0.29, 0.717) is 19.7 Å². The fourth-order valence-corrected chi connectivity index (χ4v) is 2.62. The highest BCUT2D eigenvalue weighted by molar-refractivity contribution is 5.79. The van der Waals surface area contributed by atoms with Crippen LogP contribution in [0.1, 0.15) is 32.1 Å². The summed E-state index contributed by atoms with van der Waals surface area (Å²) in [4.78, 5) is 6.97. The first-order valence-electron chi connectivity index (χ1n) is 9.73. The van der Waals surface area contributed by atoms with Crippen LogP contribution in [0.5, 0.6) is 5.75 Å². The van der Waals surface area contributed by atoms with Gasteiger partial charge in [0, 0.05) is 13.1 Å². The molecule has 1 aromatic carbocycles. The van der Waals surface area contributed by atoms with Crippen molar-refractivity contribution in [2.24, 2.45) is 4.99 Å². The van der Waals surface area contributed by atoms with Crippen LogP contribution in [-0.2, 0) is 13.1 Å². The highest BCUT2D eigenvalue weighted by atomic mass is 16.5. The highest BCUT2D eigenvalue weighted by Gasteiger charge is 2.02. The summed E-state index contributed by atoms with van der Waals surface area (Å²) in [6, 6.07) is 12.0. The summed E-state index contributed by atoms with van der Waals surface area (Å²) in [6.07, 6.45) is 1.67. The van der Waals surface area contributed by atoms with Crippen LogP contribution >= 0.6 is 0 Å². The molecule has 1 heterocycles. The maximum atomic E-state index is 5.83. The molecule has 0 aliphatic heterocycles. The number of furan rings is 1. The van der Waals surface area contributed by atoms with Crippen LogP contribution in [0.25, 0.3) is 0 Å². The van der Waals surface area contributed by atoms with E-state index in [4.69, 9.17) is 9.15 Å². The Morgan fingerprint density at radius 2 is 1.85 bits per heavy atom. The van der Waals surface area contributed by atoms with Gasteiger partial charge in [0.25, 0.3) is 0 Å². The van der Waals surface area contributed by atoms with Crippen molar-refractivity contribution in [3.63, 3.8) is 0 Å². The Kier molecular flexibility index (Phi) is 9.27. The van der Waals surface area contributed by atoms with E-state index in [1.807, 2.05) is 24.3 Å². The highest BCUT2D eigenvalue weighted by Crippen LogP contribution is 2.13. The largest absolute Gasteiger partial charge is 0.492 e. The van der Waals surface area contributed by atoms with Crippen molar-refractivity contribution in [2.75, 3.05) is 32.8 Å². The van der Waals surface area contributed by atoms with E-state index in [2.05, 4.69) is 53.4 Å². The monoisotopic (exact) mass is 372 g/mol. The number of likely N-dealkylation sites (N-methyl/N-ethyl adjacent to an activating group) is 1. The quantitative estimate of drug-likeness (QED) is 0.468. The molecular formula is C21H32N4O2. The van der Waals surface area contributed by atoms with Crippen LogP contribution < -0.4 is 15.4 Å². The van der Waals surface area contributed by atoms with Gasteiger partial charge in [-0.2, -0.15) is 0 Å². The molecule has 0 amide bonds. The molecule has 0 saturated carbocycles. The van der Waals surface area contributed by atoms with Crippen LogP contribution in [0.4, 0.5) is 0 Å². The van der Waals surface area contributed by atoms with E-state index in [-0.39, 0.29) is 0 Å². The molecule has 27 heavy (non-hydrogen) atoms. The molecular weight excluding hydrogens is 340 g/mol. The molecule has 6 heteroatoms. The van der Waals surface area contributed by atoms with Gasteiger partial charge in [-0.25, -0.2) is 4.99 Å². The Morgan fingerprint density at radius 3 is 2.48 bits per heavy atom. The minimum Gasteiger partial charge on any atom is -0.492 e. The van der Waals surface area contributed by atoms with Crippen molar-refractivity contribution in [1.82, 2.24) is 15.5 Å². The average molecular weight is 373 g/mol. The van der Waals surface area contributed by atoms with Gasteiger partial charge >= 0.3 is 0 Å². The van der Waals surface area contributed by atoms with Gasteiger partial charge in [0.15, 0.2) is 5.96 Å². The number of hydrogen-bond acceptors (Lipinski definition) is 4. The Bertz CT molecular complexity index is 649. The molecule has 0 bridgehead atoms. The molecule has 0 fully saturated rings. The number of hydrogen-bond donors (Lipinski definition) is 2. The number of nitrogens with one attached hydrogen (secondary N) is 2. The lowest BCUT2D eigenvalue weighted by Gasteiger charge is -2.18. The number of guanidine groups is 1. The Labute approximate surface area is 162 Å². The van der Waals surface area contributed by atoms with E-state index < -0.39 is 0 Å². The molecule has 0 aliphatic carbocycles. The van der Waals surface area contributed by atoms with E-state index in [9.17, 15) is 0 Å². The van der Waals surface area contributed by atoms with Gasteiger partial charge in [0.05, 0.1) is 19.4 Å². The fraction of sp³-hybridized carbons (Fsp3) is 0.476. The third-order valence-corrected chi connectivity index (χ3v) is 4.27. The SMILES string of the molecule is CCNC(=NCc1ccc(OCCN(CC)CC)cc1)NCc1ccco1. The number of benzene rings is 1. The zero-order chi connectivity index (χ0) is 19.3. The number of nitrogens with zero attached hydrogens (tertiary/aromatic N) is 2. The lowest BCUT2D eigenvalue weighted by atomic mass is 10.2. The van der Waals surface area contributed by atoms with E-state index in [1.165, 1.54) is 0 Å². The maximum absolute atomic E-state index is 5.83. The van der Waals surface area contributed by atoms with Crippen LogP contribution in [0, 0.1) is 0 Å². The summed E-state index contributed by atoms with van der Waals surface area (Å²) < 4.78 is 11.2. The van der Waals surface area contributed by atoms with Crippen molar-refractivity contribution < 1.29 is 9.15 Å². The molecule has 0 unspecified atom stereocenters. The topological polar surface area (TPSA) is 62.0 Å². The van der Waals surface area contributed by atoms with Crippen LogP contribution in [0.2, 0.25) is 0 Å². The van der Waals surface area contributed by atoms with Gasteiger partial charge < -0.3 is 24.7 Å². The molecule has 2 aromatic rings. The van der Waals surface area contributed by atoms with Gasteiger partial charge in [-0.3, -0.25) is 0 Å². The summed E-state index contributed by atoms with van der Waals surface area (Å²) in [5.74, 6) is 2.55. The first-order valence-corrected chi connectivity index (χ1v) is 9.73. The van der Waals surface area contributed by atoms with Gasteiger partial charge in [0.1, 0.15) is 18.1 Å². The Balaban J connectivity index is 1.81. The predicted octanol–water partition coefficient (Wildman–Crippen LogP) is 3.26. The molecule has 6 nitrogen and oxygen atoms in total. The lowest BCUT2D eigenvalue weighted by Crippen LogP contribution is -2.36. The van der Waals surface area contributed by atoms with E-state index >= 15 is 0 Å². The predicted molar refractivity (Wildman–Crippen MR) is 110 cm³/mol. The number of rotatable bonds is 11. The minimum atomic E-state index is 0.604. The van der Waals surface area contributed by atoms with Crippen molar-refractivity contribution in [1.29, 1.82) is 0 Å². The van der Waals surface area contributed by atoms with Crippen molar-refractivity contribution in [3.8, 4) is 5.75 Å². The van der Waals surface area contributed by atoms with Gasteiger partial charge in [-0.15, -0.1) is 0 Å². The molecule has 0 saturated heterocycles. The summed E-state index contributed by atoms with van der Waals surface area (Å²) in [5.41, 5.74) is 1.14. The van der Waals surface area contributed by atoms with Gasteiger partial charge in [-0.05, 0) is 49.8 Å². The zero-order valence-corrected chi connectivity index (χ0v) is 16.7. The van der Waals surface area contributed by atoms with E-state index in [0.717, 1.165) is 49.2 Å². The molecule has 148 valence electrons.